The van der Waals surface area contributed by atoms with E-state index in [1.807, 2.05) is 22.9 Å². The third-order valence-corrected chi connectivity index (χ3v) is 2.73. The van der Waals surface area contributed by atoms with Gasteiger partial charge in [0.05, 0.1) is 6.20 Å². The number of hydrogen-bond acceptors (Lipinski definition) is 4. The van der Waals surface area contributed by atoms with E-state index in [9.17, 15) is 0 Å². The summed E-state index contributed by atoms with van der Waals surface area (Å²) in [5.41, 5.74) is 0.889. The summed E-state index contributed by atoms with van der Waals surface area (Å²) in [6.45, 7) is 3.09. The average Bonchev–Trinajstić information content (AvgIpc) is 2.73. The summed E-state index contributed by atoms with van der Waals surface area (Å²) in [7, 11) is 0. The molecule has 0 aliphatic heterocycles. The van der Waals surface area contributed by atoms with Crippen molar-refractivity contribution < 1.29 is 0 Å². The van der Waals surface area contributed by atoms with E-state index < -0.39 is 0 Å². The fourth-order valence-corrected chi connectivity index (χ4v) is 1.79. The van der Waals surface area contributed by atoms with Gasteiger partial charge in [-0.15, -0.1) is 11.8 Å². The zero-order valence-corrected chi connectivity index (χ0v) is 9.71. The number of rotatable bonds is 4. The molecule has 0 saturated carbocycles. The van der Waals surface area contributed by atoms with E-state index in [-0.39, 0.29) is 0 Å². The second kappa shape index (κ2) is 4.53. The molecule has 2 heterocycles. The summed E-state index contributed by atoms with van der Waals surface area (Å²) in [5.74, 6) is 1.01. The molecule has 0 saturated heterocycles. The summed E-state index contributed by atoms with van der Waals surface area (Å²) in [6, 6.07) is 3.94. The van der Waals surface area contributed by atoms with Crippen LogP contribution < -0.4 is 5.32 Å². The highest BCUT2D eigenvalue weighted by atomic mass is 32.2. The molecule has 0 unspecified atom stereocenters. The van der Waals surface area contributed by atoms with Crippen molar-refractivity contribution in [1.82, 2.24) is 14.6 Å². The van der Waals surface area contributed by atoms with Gasteiger partial charge >= 0.3 is 0 Å². The summed E-state index contributed by atoms with van der Waals surface area (Å²) in [5, 5.41) is 8.59. The molecule has 2 rings (SSSR count). The molecule has 0 aliphatic carbocycles. The molecule has 5 heteroatoms. The van der Waals surface area contributed by atoms with Crippen molar-refractivity contribution in [1.29, 1.82) is 0 Å². The minimum absolute atomic E-state index is 0.889. The minimum atomic E-state index is 0.889. The van der Waals surface area contributed by atoms with E-state index in [2.05, 4.69) is 22.3 Å². The molecule has 0 radical (unpaired) electrons. The number of aromatic nitrogens is 3. The zero-order chi connectivity index (χ0) is 10.7. The Balaban J connectivity index is 2.43. The maximum atomic E-state index is 4.45. The predicted octanol–water partition coefficient (Wildman–Crippen LogP) is 2.27. The lowest BCUT2D eigenvalue weighted by Crippen LogP contribution is -2.06. The molecule has 0 aromatic carbocycles. The molecule has 0 bridgehead atoms. The van der Waals surface area contributed by atoms with Crippen LogP contribution in [-0.4, -0.2) is 27.4 Å². The van der Waals surface area contributed by atoms with Crippen molar-refractivity contribution in [2.45, 2.75) is 18.4 Å². The Morgan fingerprint density at radius 3 is 3.13 bits per heavy atom. The lowest BCUT2D eigenvalue weighted by atomic mass is 10.4. The van der Waals surface area contributed by atoms with Crippen molar-refractivity contribution in [2.24, 2.45) is 0 Å². The molecule has 2 aromatic heterocycles. The quantitative estimate of drug-likeness (QED) is 0.636. The van der Waals surface area contributed by atoms with Crippen molar-refractivity contribution in [3.8, 4) is 0 Å². The van der Waals surface area contributed by atoms with E-state index in [0.29, 0.717) is 0 Å². The standard InChI is InChI=1S/C10H14N4S/c1-3-5-11-9-7-10(15-2)13-8-4-6-12-14(8)9/h4,6-7,11H,3,5H2,1-2H3. The van der Waals surface area contributed by atoms with Crippen LogP contribution in [0, 0.1) is 0 Å². The summed E-state index contributed by atoms with van der Waals surface area (Å²) in [6.07, 6.45) is 4.89. The van der Waals surface area contributed by atoms with Crippen LogP contribution in [0.2, 0.25) is 0 Å². The lowest BCUT2D eigenvalue weighted by Gasteiger charge is -2.08. The minimum Gasteiger partial charge on any atom is -0.370 e. The van der Waals surface area contributed by atoms with Gasteiger partial charge in [-0.1, -0.05) is 6.92 Å². The molecule has 0 amide bonds. The highest BCUT2D eigenvalue weighted by Crippen LogP contribution is 2.18. The molecule has 0 fully saturated rings. The second-order valence-electron chi connectivity index (χ2n) is 3.21. The zero-order valence-electron chi connectivity index (χ0n) is 8.90. The van der Waals surface area contributed by atoms with Crippen LogP contribution in [0.5, 0.6) is 0 Å². The smallest absolute Gasteiger partial charge is 0.158 e. The van der Waals surface area contributed by atoms with E-state index in [1.165, 1.54) is 0 Å². The first kappa shape index (κ1) is 10.3. The van der Waals surface area contributed by atoms with Crippen LogP contribution in [0.15, 0.2) is 23.4 Å². The molecule has 80 valence electrons. The number of hydrogen-bond donors (Lipinski definition) is 1. The van der Waals surface area contributed by atoms with E-state index in [1.54, 1.807) is 18.0 Å². The average molecular weight is 222 g/mol. The number of thioether (sulfide) groups is 1. The van der Waals surface area contributed by atoms with Crippen LogP contribution in [0.1, 0.15) is 13.3 Å². The fourth-order valence-electron chi connectivity index (χ4n) is 1.37. The number of nitrogens with one attached hydrogen (secondary N) is 1. The number of fused-ring (bicyclic) bond motifs is 1. The number of anilines is 1. The van der Waals surface area contributed by atoms with E-state index >= 15 is 0 Å². The van der Waals surface area contributed by atoms with Crippen molar-refractivity contribution in [3.63, 3.8) is 0 Å². The van der Waals surface area contributed by atoms with Crippen LogP contribution in [0.25, 0.3) is 5.65 Å². The van der Waals surface area contributed by atoms with Gasteiger partial charge in [-0.3, -0.25) is 0 Å². The van der Waals surface area contributed by atoms with Gasteiger partial charge in [-0.25, -0.2) is 4.98 Å². The Bertz CT molecular complexity index is 452. The molecule has 4 nitrogen and oxygen atoms in total. The third-order valence-electron chi connectivity index (χ3n) is 2.10. The van der Waals surface area contributed by atoms with Gasteiger partial charge in [-0.2, -0.15) is 9.61 Å². The first-order chi connectivity index (χ1) is 7.35. The molecule has 2 aromatic rings. The highest BCUT2D eigenvalue weighted by Gasteiger charge is 2.04. The first-order valence-electron chi connectivity index (χ1n) is 4.98. The molecule has 15 heavy (non-hydrogen) atoms. The van der Waals surface area contributed by atoms with Crippen LogP contribution in [0.4, 0.5) is 5.82 Å². The Morgan fingerprint density at radius 1 is 1.53 bits per heavy atom. The normalized spacial score (nSPS) is 10.8. The van der Waals surface area contributed by atoms with Crippen LogP contribution in [-0.2, 0) is 0 Å². The Kier molecular flexibility index (Phi) is 3.11. The molecule has 0 spiro atoms. The Morgan fingerprint density at radius 2 is 2.40 bits per heavy atom. The van der Waals surface area contributed by atoms with Gasteiger partial charge in [0.1, 0.15) is 10.8 Å². The molecular weight excluding hydrogens is 208 g/mol. The van der Waals surface area contributed by atoms with E-state index in [0.717, 1.165) is 29.5 Å². The van der Waals surface area contributed by atoms with Crippen molar-refractivity contribution in [3.05, 3.63) is 18.3 Å². The van der Waals surface area contributed by atoms with Gasteiger partial charge in [-0.05, 0) is 12.7 Å². The predicted molar refractivity (Wildman–Crippen MR) is 63.5 cm³/mol. The highest BCUT2D eigenvalue weighted by molar-refractivity contribution is 7.98. The van der Waals surface area contributed by atoms with Crippen LogP contribution >= 0.6 is 11.8 Å². The van der Waals surface area contributed by atoms with Crippen molar-refractivity contribution >= 4 is 23.2 Å². The monoisotopic (exact) mass is 222 g/mol. The van der Waals surface area contributed by atoms with Gasteiger partial charge in [0, 0.05) is 18.7 Å². The number of nitrogens with zero attached hydrogens (tertiary/aromatic N) is 3. The molecular formula is C10H14N4S. The first-order valence-corrected chi connectivity index (χ1v) is 6.20. The Labute approximate surface area is 93.1 Å². The van der Waals surface area contributed by atoms with Crippen LogP contribution in [0.3, 0.4) is 0 Å². The summed E-state index contributed by atoms with van der Waals surface area (Å²) >= 11 is 1.64. The van der Waals surface area contributed by atoms with Gasteiger partial charge < -0.3 is 5.32 Å². The summed E-state index contributed by atoms with van der Waals surface area (Å²) < 4.78 is 1.83. The molecule has 0 atom stereocenters. The third kappa shape index (κ3) is 2.07. The Hall–Kier alpha value is -1.23. The summed E-state index contributed by atoms with van der Waals surface area (Å²) in [4.78, 5) is 4.45. The maximum Gasteiger partial charge on any atom is 0.158 e. The van der Waals surface area contributed by atoms with Gasteiger partial charge in [0.2, 0.25) is 0 Å². The van der Waals surface area contributed by atoms with Gasteiger partial charge in [0.15, 0.2) is 5.65 Å². The lowest BCUT2D eigenvalue weighted by molar-refractivity contribution is 0.887. The molecule has 0 aliphatic rings. The van der Waals surface area contributed by atoms with Crippen molar-refractivity contribution in [2.75, 3.05) is 18.1 Å². The second-order valence-corrected chi connectivity index (χ2v) is 4.04. The fraction of sp³-hybridized carbons (Fsp3) is 0.400. The SMILES string of the molecule is CCCNc1cc(SC)nc2ccnn12. The largest absolute Gasteiger partial charge is 0.370 e. The van der Waals surface area contributed by atoms with Gasteiger partial charge in [0.25, 0.3) is 0 Å². The maximum absolute atomic E-state index is 4.45. The topological polar surface area (TPSA) is 42.2 Å². The molecule has 1 N–H and O–H groups in total. The van der Waals surface area contributed by atoms with E-state index in [4.69, 9.17) is 0 Å².